The van der Waals surface area contributed by atoms with Crippen LogP contribution in [-0.2, 0) is 4.79 Å². The zero-order valence-corrected chi connectivity index (χ0v) is 18.5. The molecule has 0 spiro atoms. The molecule has 0 radical (unpaired) electrons. The van der Waals surface area contributed by atoms with E-state index < -0.39 is 5.25 Å². The molecule has 29 heavy (non-hydrogen) atoms. The summed E-state index contributed by atoms with van der Waals surface area (Å²) < 4.78 is 7.99. The summed E-state index contributed by atoms with van der Waals surface area (Å²) in [4.78, 5) is 13.2. The van der Waals surface area contributed by atoms with Crippen molar-refractivity contribution in [2.45, 2.75) is 30.3 Å². The molecule has 1 aliphatic heterocycles. The van der Waals surface area contributed by atoms with Crippen molar-refractivity contribution >= 4 is 39.3 Å². The summed E-state index contributed by atoms with van der Waals surface area (Å²) >= 11 is 4.94. The molecule has 0 aliphatic carbocycles. The number of nitrogens with zero attached hydrogens (tertiary/aromatic N) is 3. The Morgan fingerprint density at radius 1 is 1.24 bits per heavy atom. The highest BCUT2D eigenvalue weighted by Crippen LogP contribution is 2.39. The van der Waals surface area contributed by atoms with Crippen LogP contribution in [0.5, 0.6) is 5.75 Å². The standard InChI is InChI=1S/C20H20BrN5O2S/c1-11-5-4-6-14(9-11)22-19(27)18-17(13-7-8-16(28-3)15(21)10-13)25-26-12(2)23-24-20(26)29-18/h4-10,17-18,25H,1-3H3,(H,22,27)/t17-,18+/m1/s1. The highest BCUT2D eigenvalue weighted by atomic mass is 79.9. The Balaban J connectivity index is 1.68. The van der Waals surface area contributed by atoms with Gasteiger partial charge in [0, 0.05) is 5.69 Å². The van der Waals surface area contributed by atoms with E-state index >= 15 is 0 Å². The van der Waals surface area contributed by atoms with Crippen LogP contribution in [0.1, 0.15) is 23.0 Å². The maximum atomic E-state index is 13.2. The first kappa shape index (κ1) is 19.8. The Morgan fingerprint density at radius 3 is 2.79 bits per heavy atom. The minimum absolute atomic E-state index is 0.100. The van der Waals surface area contributed by atoms with Gasteiger partial charge in [0.05, 0.1) is 17.6 Å². The molecular weight excluding hydrogens is 454 g/mol. The number of thioether (sulfide) groups is 1. The van der Waals surface area contributed by atoms with Crippen LogP contribution in [0.4, 0.5) is 5.69 Å². The Bertz CT molecular complexity index is 1070. The van der Waals surface area contributed by atoms with Crippen LogP contribution in [0.25, 0.3) is 0 Å². The fourth-order valence-electron chi connectivity index (χ4n) is 3.22. The van der Waals surface area contributed by atoms with Crippen molar-refractivity contribution in [3.05, 3.63) is 63.9 Å². The lowest BCUT2D eigenvalue weighted by atomic mass is 10.0. The maximum absolute atomic E-state index is 13.2. The van der Waals surface area contributed by atoms with E-state index in [4.69, 9.17) is 4.74 Å². The number of hydrogen-bond acceptors (Lipinski definition) is 6. The van der Waals surface area contributed by atoms with Crippen LogP contribution in [0, 0.1) is 13.8 Å². The van der Waals surface area contributed by atoms with Crippen LogP contribution in [0.2, 0.25) is 0 Å². The predicted octanol–water partition coefficient (Wildman–Crippen LogP) is 4.06. The number of anilines is 1. The van der Waals surface area contributed by atoms with Crippen molar-refractivity contribution in [3.63, 3.8) is 0 Å². The number of ether oxygens (including phenoxy) is 1. The van der Waals surface area contributed by atoms with Gasteiger partial charge in [-0.05, 0) is 65.2 Å². The van der Waals surface area contributed by atoms with Crippen molar-refractivity contribution < 1.29 is 9.53 Å². The fourth-order valence-corrected chi connectivity index (χ4v) is 4.91. The molecule has 0 bridgehead atoms. The smallest absolute Gasteiger partial charge is 0.240 e. The van der Waals surface area contributed by atoms with Gasteiger partial charge in [0.25, 0.3) is 0 Å². The van der Waals surface area contributed by atoms with E-state index in [2.05, 4.69) is 36.9 Å². The predicted molar refractivity (Wildman–Crippen MR) is 117 cm³/mol. The van der Waals surface area contributed by atoms with Gasteiger partial charge in [-0.2, -0.15) is 0 Å². The quantitative estimate of drug-likeness (QED) is 0.594. The second kappa shape index (κ2) is 8.08. The second-order valence-corrected chi connectivity index (χ2v) is 8.73. The van der Waals surface area contributed by atoms with Crippen molar-refractivity contribution in [3.8, 4) is 5.75 Å². The number of carbonyl (C=O) groups is 1. The van der Waals surface area contributed by atoms with Gasteiger partial charge in [-0.15, -0.1) is 10.2 Å². The number of benzene rings is 2. The Morgan fingerprint density at radius 2 is 2.07 bits per heavy atom. The topological polar surface area (TPSA) is 81.1 Å². The minimum Gasteiger partial charge on any atom is -0.496 e. The van der Waals surface area contributed by atoms with E-state index in [1.807, 2.05) is 61.0 Å². The van der Waals surface area contributed by atoms with E-state index in [0.29, 0.717) is 5.16 Å². The van der Waals surface area contributed by atoms with Crippen LogP contribution in [-0.4, -0.2) is 33.1 Å². The van der Waals surface area contributed by atoms with Gasteiger partial charge in [-0.3, -0.25) is 4.79 Å². The molecule has 1 amide bonds. The molecule has 9 heteroatoms. The van der Waals surface area contributed by atoms with Gasteiger partial charge >= 0.3 is 0 Å². The summed E-state index contributed by atoms with van der Waals surface area (Å²) in [5.74, 6) is 1.37. The van der Waals surface area contributed by atoms with E-state index in [1.54, 1.807) is 7.11 Å². The van der Waals surface area contributed by atoms with E-state index in [-0.39, 0.29) is 11.9 Å². The average Bonchev–Trinajstić information content (AvgIpc) is 3.07. The SMILES string of the molecule is COc1ccc([C@H]2Nn3c(C)nnc3S[C@@H]2C(=O)Nc2cccc(C)c2)cc1Br. The number of carbonyl (C=O) groups excluding carboxylic acids is 1. The zero-order chi connectivity index (χ0) is 20.5. The molecule has 0 unspecified atom stereocenters. The van der Waals surface area contributed by atoms with Crippen molar-refractivity contribution in [1.29, 1.82) is 0 Å². The number of hydrogen-bond donors (Lipinski definition) is 2. The average molecular weight is 474 g/mol. The zero-order valence-electron chi connectivity index (χ0n) is 16.1. The molecule has 7 nitrogen and oxygen atoms in total. The highest BCUT2D eigenvalue weighted by Gasteiger charge is 2.37. The lowest BCUT2D eigenvalue weighted by Gasteiger charge is -2.33. The van der Waals surface area contributed by atoms with E-state index in [9.17, 15) is 4.79 Å². The first-order valence-corrected chi connectivity index (χ1v) is 10.7. The van der Waals surface area contributed by atoms with Crippen molar-refractivity contribution in [2.75, 3.05) is 17.9 Å². The van der Waals surface area contributed by atoms with Gasteiger partial charge in [0.15, 0.2) is 0 Å². The highest BCUT2D eigenvalue weighted by molar-refractivity contribution is 9.10. The number of fused-ring (bicyclic) bond motifs is 1. The maximum Gasteiger partial charge on any atom is 0.240 e. The number of aryl methyl sites for hydroxylation is 2. The minimum atomic E-state index is -0.438. The molecule has 1 aliphatic rings. The molecule has 1 aromatic heterocycles. The number of halogens is 1. The molecule has 0 fully saturated rings. The summed E-state index contributed by atoms with van der Waals surface area (Å²) in [5.41, 5.74) is 6.21. The second-order valence-electron chi connectivity index (χ2n) is 6.76. The molecule has 2 atom stereocenters. The normalized spacial score (nSPS) is 17.9. The van der Waals surface area contributed by atoms with E-state index in [0.717, 1.165) is 32.9 Å². The molecule has 150 valence electrons. The lowest BCUT2D eigenvalue weighted by molar-refractivity contribution is -0.116. The monoisotopic (exact) mass is 473 g/mol. The van der Waals surface area contributed by atoms with Crippen LogP contribution in [0.15, 0.2) is 52.1 Å². The molecule has 2 aromatic carbocycles. The Kier molecular flexibility index (Phi) is 5.51. The number of aromatic nitrogens is 3. The van der Waals surface area contributed by atoms with Gasteiger partial charge < -0.3 is 15.5 Å². The van der Waals surface area contributed by atoms with Crippen LogP contribution < -0.4 is 15.5 Å². The van der Waals surface area contributed by atoms with Gasteiger partial charge in [0.1, 0.15) is 16.8 Å². The number of amides is 1. The summed E-state index contributed by atoms with van der Waals surface area (Å²) in [6.45, 7) is 3.87. The summed E-state index contributed by atoms with van der Waals surface area (Å²) in [7, 11) is 1.62. The summed E-state index contributed by atoms with van der Waals surface area (Å²) in [6.07, 6.45) is 0. The van der Waals surface area contributed by atoms with Crippen molar-refractivity contribution in [1.82, 2.24) is 14.9 Å². The third-order valence-corrected chi connectivity index (χ3v) is 6.51. The first-order valence-electron chi connectivity index (χ1n) is 9.02. The summed E-state index contributed by atoms with van der Waals surface area (Å²) in [5, 5.41) is 11.6. The number of methoxy groups -OCH3 is 1. The third-order valence-electron chi connectivity index (χ3n) is 4.68. The molecule has 0 saturated heterocycles. The van der Waals surface area contributed by atoms with Crippen molar-refractivity contribution in [2.24, 2.45) is 0 Å². The van der Waals surface area contributed by atoms with Crippen LogP contribution in [0.3, 0.4) is 0 Å². The number of nitrogens with one attached hydrogen (secondary N) is 2. The molecular formula is C20H20BrN5O2S. The lowest BCUT2D eigenvalue weighted by Crippen LogP contribution is -2.41. The first-order chi connectivity index (χ1) is 14.0. The molecule has 2 heterocycles. The molecule has 3 aromatic rings. The fraction of sp³-hybridized carbons (Fsp3) is 0.250. The van der Waals surface area contributed by atoms with Gasteiger partial charge in [-0.25, -0.2) is 4.68 Å². The molecule has 2 N–H and O–H groups in total. The Labute approximate surface area is 181 Å². The van der Waals surface area contributed by atoms with Crippen LogP contribution >= 0.6 is 27.7 Å². The molecule has 4 rings (SSSR count). The van der Waals surface area contributed by atoms with Gasteiger partial charge in [0.2, 0.25) is 11.1 Å². The van der Waals surface area contributed by atoms with Gasteiger partial charge in [-0.1, -0.05) is 30.0 Å². The third kappa shape index (κ3) is 3.97. The largest absolute Gasteiger partial charge is 0.496 e. The summed E-state index contributed by atoms with van der Waals surface area (Å²) in [6, 6.07) is 13.3. The molecule has 0 saturated carbocycles. The van der Waals surface area contributed by atoms with E-state index in [1.165, 1.54) is 11.8 Å². The Hall–Kier alpha value is -2.52. The number of rotatable bonds is 4.